The molecule has 7 rings (SSSR count). The monoisotopic (exact) mass is 532 g/mol. The minimum absolute atomic E-state index is 0.0354. The van der Waals surface area contributed by atoms with Crippen LogP contribution >= 0.6 is 0 Å². The van der Waals surface area contributed by atoms with Crippen LogP contribution in [-0.4, -0.2) is 53.4 Å². The fourth-order valence-corrected chi connectivity index (χ4v) is 6.94. The molecule has 2 saturated heterocycles. The Morgan fingerprint density at radius 1 is 0.850 bits per heavy atom. The number of carbonyl (C=O) groups excluding carboxylic acids is 2. The number of anilines is 1. The second-order valence-electron chi connectivity index (χ2n) is 11.0. The van der Waals surface area contributed by atoms with Gasteiger partial charge in [0.05, 0.1) is 18.7 Å². The second kappa shape index (κ2) is 9.59. The number of amides is 2. The van der Waals surface area contributed by atoms with Gasteiger partial charge in [0.2, 0.25) is 11.8 Å². The van der Waals surface area contributed by atoms with Crippen LogP contribution in [0, 0.1) is 5.92 Å². The van der Waals surface area contributed by atoms with Crippen molar-refractivity contribution in [2.45, 2.75) is 24.7 Å². The minimum Gasteiger partial charge on any atom is -0.495 e. The number of piperidine rings is 1. The van der Waals surface area contributed by atoms with Crippen LogP contribution in [0.15, 0.2) is 85.2 Å². The van der Waals surface area contributed by atoms with Crippen LogP contribution in [0.4, 0.5) is 5.69 Å². The summed E-state index contributed by atoms with van der Waals surface area (Å²) in [7, 11) is 1.60. The number of methoxy groups -OCH3 is 1. The van der Waals surface area contributed by atoms with E-state index >= 15 is 0 Å². The van der Waals surface area contributed by atoms with Crippen molar-refractivity contribution in [2.24, 2.45) is 5.92 Å². The predicted molar refractivity (Wildman–Crippen MR) is 157 cm³/mol. The highest BCUT2D eigenvalue weighted by molar-refractivity contribution is 6.01. The zero-order chi connectivity index (χ0) is 27.3. The van der Waals surface area contributed by atoms with Crippen LogP contribution in [0.5, 0.6) is 5.75 Å². The summed E-state index contributed by atoms with van der Waals surface area (Å²) in [4.78, 5) is 37.4. The highest BCUT2D eigenvalue weighted by Crippen LogP contribution is 2.47. The van der Waals surface area contributed by atoms with Gasteiger partial charge in [-0.15, -0.1) is 0 Å². The number of aromatic amines is 2. The molecule has 1 atom stereocenters. The number of likely N-dealkylation sites (tertiary alicyclic amines) is 1. The first-order valence-corrected chi connectivity index (χ1v) is 13.9. The molecular weight excluding hydrogens is 500 g/mol. The number of para-hydroxylation sites is 4. The number of nitrogens with one attached hydrogen (secondary N) is 2. The van der Waals surface area contributed by atoms with E-state index in [9.17, 15) is 9.59 Å². The van der Waals surface area contributed by atoms with E-state index in [4.69, 9.17) is 4.74 Å². The Kier molecular flexibility index (Phi) is 5.88. The summed E-state index contributed by atoms with van der Waals surface area (Å²) in [6.45, 7) is 1.65. The molecule has 2 amide bonds. The number of hydrogen-bond acceptors (Lipinski definition) is 3. The topological polar surface area (TPSA) is 81.4 Å². The molecular formula is C33H32N4O3. The second-order valence-corrected chi connectivity index (χ2v) is 11.0. The fraction of sp³-hybridized carbons (Fsp3) is 0.273. The molecule has 0 aliphatic carbocycles. The largest absolute Gasteiger partial charge is 0.495 e. The molecule has 0 saturated carbocycles. The van der Waals surface area contributed by atoms with Gasteiger partial charge in [-0.1, -0.05) is 48.5 Å². The van der Waals surface area contributed by atoms with Gasteiger partial charge in [-0.2, -0.15) is 0 Å². The molecule has 0 spiro atoms. The molecule has 0 radical (unpaired) electrons. The summed E-state index contributed by atoms with van der Waals surface area (Å²) >= 11 is 0. The number of fused-ring (bicyclic) bond motifs is 2. The van der Waals surface area contributed by atoms with Crippen molar-refractivity contribution in [2.75, 3.05) is 31.6 Å². The first-order chi connectivity index (χ1) is 19.6. The quantitative estimate of drug-likeness (QED) is 0.308. The van der Waals surface area contributed by atoms with Crippen LogP contribution in [0.25, 0.3) is 21.8 Å². The van der Waals surface area contributed by atoms with Crippen LogP contribution in [0.1, 0.15) is 30.4 Å². The van der Waals surface area contributed by atoms with Gasteiger partial charge in [0.25, 0.3) is 0 Å². The van der Waals surface area contributed by atoms with E-state index in [1.165, 1.54) is 21.9 Å². The molecule has 2 aliphatic heterocycles. The van der Waals surface area contributed by atoms with E-state index < -0.39 is 0 Å². The molecule has 2 aromatic heterocycles. The number of carbonyl (C=O) groups is 2. The number of nitrogens with zero attached hydrogens (tertiary/aromatic N) is 2. The molecule has 0 unspecified atom stereocenters. The molecule has 2 fully saturated rings. The molecule has 7 heteroatoms. The number of rotatable bonds is 5. The van der Waals surface area contributed by atoms with E-state index in [-0.39, 0.29) is 29.6 Å². The lowest BCUT2D eigenvalue weighted by Gasteiger charge is -2.43. The summed E-state index contributed by atoms with van der Waals surface area (Å²) in [6, 6.07) is 24.4. The van der Waals surface area contributed by atoms with Gasteiger partial charge in [-0.05, 0) is 48.2 Å². The fourth-order valence-electron chi connectivity index (χ4n) is 6.94. The van der Waals surface area contributed by atoms with Gasteiger partial charge in [0.1, 0.15) is 5.75 Å². The molecule has 3 aromatic carbocycles. The molecule has 4 heterocycles. The zero-order valence-electron chi connectivity index (χ0n) is 22.5. The van der Waals surface area contributed by atoms with Gasteiger partial charge in [0, 0.05) is 65.7 Å². The maximum atomic E-state index is 13.8. The third kappa shape index (κ3) is 3.79. The molecule has 2 N–H and O–H groups in total. The van der Waals surface area contributed by atoms with E-state index in [1.807, 2.05) is 29.2 Å². The van der Waals surface area contributed by atoms with Crippen LogP contribution in [0.2, 0.25) is 0 Å². The predicted octanol–water partition coefficient (Wildman–Crippen LogP) is 5.62. The summed E-state index contributed by atoms with van der Waals surface area (Å²) < 4.78 is 5.48. The molecule has 40 heavy (non-hydrogen) atoms. The van der Waals surface area contributed by atoms with Gasteiger partial charge >= 0.3 is 0 Å². The maximum Gasteiger partial charge on any atom is 0.228 e. The Labute approximate surface area is 232 Å². The standard InChI is InChI=1S/C33H32N4O3/c1-40-30-13-7-6-12-29(30)37-21-22(18-31(37)38)32(39)36-16-14-33(15-17-36,25-19-34-27-10-4-2-8-23(25)27)26-20-35-28-11-5-3-9-24(26)28/h2-13,19-20,22,34-35H,14-18,21H2,1H3/t22-/m1/s1. The first kappa shape index (κ1) is 24.5. The highest BCUT2D eigenvalue weighted by Gasteiger charge is 2.44. The van der Waals surface area contributed by atoms with E-state index in [2.05, 4.69) is 70.9 Å². The minimum atomic E-state index is -0.355. The summed E-state index contributed by atoms with van der Waals surface area (Å²) in [5, 5.41) is 2.45. The molecule has 202 valence electrons. The number of H-pyrrole nitrogens is 2. The lowest BCUT2D eigenvalue weighted by molar-refractivity contribution is -0.137. The average molecular weight is 533 g/mol. The zero-order valence-corrected chi connectivity index (χ0v) is 22.5. The van der Waals surface area contributed by atoms with Gasteiger partial charge < -0.3 is 24.5 Å². The molecule has 5 aromatic rings. The third-order valence-corrected chi connectivity index (χ3v) is 8.99. The van der Waals surface area contributed by atoms with Crippen molar-refractivity contribution in [3.05, 3.63) is 96.3 Å². The Hall–Kier alpha value is -4.52. The van der Waals surface area contributed by atoms with Crippen molar-refractivity contribution >= 4 is 39.3 Å². The lowest BCUT2D eigenvalue weighted by atomic mass is 9.67. The van der Waals surface area contributed by atoms with Crippen molar-refractivity contribution in [1.29, 1.82) is 0 Å². The smallest absolute Gasteiger partial charge is 0.228 e. The SMILES string of the molecule is COc1ccccc1N1C[C@H](C(=O)N2CCC(c3c[nH]c4ccccc34)(c3c[nH]c4ccccc34)CC2)CC1=O. The van der Waals surface area contributed by atoms with Gasteiger partial charge in [0.15, 0.2) is 0 Å². The van der Waals surface area contributed by atoms with E-state index in [1.54, 1.807) is 12.0 Å². The Balaban J connectivity index is 1.18. The van der Waals surface area contributed by atoms with Crippen molar-refractivity contribution in [3.63, 3.8) is 0 Å². The average Bonchev–Trinajstić information content (AvgIpc) is 3.74. The van der Waals surface area contributed by atoms with Crippen LogP contribution in [-0.2, 0) is 15.0 Å². The summed E-state index contributed by atoms with van der Waals surface area (Å²) in [6.07, 6.45) is 6.15. The number of ether oxygens (including phenoxy) is 1. The third-order valence-electron chi connectivity index (χ3n) is 8.99. The van der Waals surface area contributed by atoms with Gasteiger partial charge in [-0.25, -0.2) is 0 Å². The Morgan fingerprint density at radius 3 is 2.05 bits per heavy atom. The molecule has 2 aliphatic rings. The van der Waals surface area contributed by atoms with E-state index in [0.717, 1.165) is 29.6 Å². The highest BCUT2D eigenvalue weighted by atomic mass is 16.5. The van der Waals surface area contributed by atoms with Crippen molar-refractivity contribution < 1.29 is 14.3 Å². The Bertz CT molecular complexity index is 1650. The summed E-state index contributed by atoms with van der Waals surface area (Å²) in [5.41, 5.74) is 5.27. The number of benzene rings is 3. The van der Waals surface area contributed by atoms with Crippen LogP contribution < -0.4 is 9.64 Å². The lowest BCUT2D eigenvalue weighted by Crippen LogP contribution is -2.47. The molecule has 7 nitrogen and oxygen atoms in total. The summed E-state index contributed by atoms with van der Waals surface area (Å²) in [5.74, 6) is 0.319. The number of hydrogen-bond donors (Lipinski definition) is 2. The number of aromatic nitrogens is 2. The maximum absolute atomic E-state index is 13.8. The van der Waals surface area contributed by atoms with Crippen molar-refractivity contribution in [3.8, 4) is 5.75 Å². The molecule has 0 bridgehead atoms. The van der Waals surface area contributed by atoms with Crippen LogP contribution in [0.3, 0.4) is 0 Å². The Morgan fingerprint density at radius 2 is 1.43 bits per heavy atom. The van der Waals surface area contributed by atoms with Gasteiger partial charge in [-0.3, -0.25) is 9.59 Å². The van der Waals surface area contributed by atoms with E-state index in [0.29, 0.717) is 25.4 Å². The van der Waals surface area contributed by atoms with Crippen molar-refractivity contribution in [1.82, 2.24) is 14.9 Å². The normalized spacial score (nSPS) is 19.0. The first-order valence-electron chi connectivity index (χ1n) is 13.9.